The molecule has 6 heteroatoms. The van der Waals surface area contributed by atoms with Crippen LogP contribution in [-0.2, 0) is 9.59 Å². The Balaban J connectivity index is 1.94. The second kappa shape index (κ2) is 4.31. The first-order valence-electron chi connectivity index (χ1n) is 5.94. The average molecular weight is 256 g/mol. The fourth-order valence-electron chi connectivity index (χ4n) is 2.17. The number of likely N-dealkylation sites (N-methyl/N-ethyl adjacent to an activating group) is 1. The Kier molecular flexibility index (Phi) is 2.63. The van der Waals surface area contributed by atoms with Gasteiger partial charge in [0.05, 0.1) is 12.6 Å². The van der Waals surface area contributed by atoms with Crippen molar-refractivity contribution < 1.29 is 9.59 Å². The van der Waals surface area contributed by atoms with E-state index in [9.17, 15) is 9.59 Å². The summed E-state index contributed by atoms with van der Waals surface area (Å²) in [5.74, 6) is 0.106. The quantitative estimate of drug-likeness (QED) is 0.804. The monoisotopic (exact) mass is 256 g/mol. The van der Waals surface area contributed by atoms with Crippen molar-refractivity contribution in [3.63, 3.8) is 0 Å². The van der Waals surface area contributed by atoms with Gasteiger partial charge in [-0.25, -0.2) is 0 Å². The number of nitrogens with zero attached hydrogens (tertiary/aromatic N) is 3. The van der Waals surface area contributed by atoms with Gasteiger partial charge in [0.2, 0.25) is 5.91 Å². The molecule has 3 rings (SSSR count). The van der Waals surface area contributed by atoms with E-state index < -0.39 is 6.04 Å². The molecule has 1 saturated heterocycles. The van der Waals surface area contributed by atoms with Crippen LogP contribution in [0.25, 0.3) is 10.8 Å². The lowest BCUT2D eigenvalue weighted by molar-refractivity contribution is -0.136. The maximum atomic E-state index is 11.9. The normalized spacial score (nSPS) is 19.2. The van der Waals surface area contributed by atoms with Gasteiger partial charge in [-0.15, -0.1) is 5.10 Å². The van der Waals surface area contributed by atoms with E-state index in [1.165, 1.54) is 7.05 Å². The number of fused-ring (bicyclic) bond motifs is 1. The van der Waals surface area contributed by atoms with Crippen molar-refractivity contribution in [3.8, 4) is 0 Å². The van der Waals surface area contributed by atoms with Gasteiger partial charge < -0.3 is 5.32 Å². The maximum Gasteiger partial charge on any atom is 0.251 e. The Morgan fingerprint density at radius 3 is 2.84 bits per heavy atom. The number of rotatable bonds is 2. The highest BCUT2D eigenvalue weighted by atomic mass is 16.2. The van der Waals surface area contributed by atoms with E-state index in [1.54, 1.807) is 6.20 Å². The van der Waals surface area contributed by atoms with E-state index in [-0.39, 0.29) is 18.2 Å². The average Bonchev–Trinajstić information content (AvgIpc) is 2.67. The SMILES string of the molecule is CN1C(=O)CC(Nc2nncc3ccccc23)C1=O. The third kappa shape index (κ3) is 1.91. The molecule has 96 valence electrons. The topological polar surface area (TPSA) is 75.2 Å². The van der Waals surface area contributed by atoms with Crippen LogP contribution in [0.15, 0.2) is 30.5 Å². The molecule has 2 amide bonds. The zero-order valence-electron chi connectivity index (χ0n) is 10.3. The zero-order chi connectivity index (χ0) is 13.4. The minimum absolute atomic E-state index is 0.153. The van der Waals surface area contributed by atoms with Gasteiger partial charge >= 0.3 is 0 Å². The van der Waals surface area contributed by atoms with Crippen molar-refractivity contribution in [1.82, 2.24) is 15.1 Å². The van der Waals surface area contributed by atoms with Gasteiger partial charge in [-0.05, 0) is 0 Å². The number of hydrogen-bond donors (Lipinski definition) is 1. The fraction of sp³-hybridized carbons (Fsp3) is 0.231. The van der Waals surface area contributed by atoms with E-state index in [0.29, 0.717) is 5.82 Å². The van der Waals surface area contributed by atoms with E-state index in [2.05, 4.69) is 15.5 Å². The summed E-state index contributed by atoms with van der Waals surface area (Å²) in [6.45, 7) is 0. The van der Waals surface area contributed by atoms with E-state index in [0.717, 1.165) is 15.7 Å². The van der Waals surface area contributed by atoms with Gasteiger partial charge in [-0.3, -0.25) is 14.5 Å². The molecule has 1 unspecified atom stereocenters. The molecular formula is C13H12N4O2. The van der Waals surface area contributed by atoms with Crippen LogP contribution in [0.3, 0.4) is 0 Å². The highest BCUT2D eigenvalue weighted by Crippen LogP contribution is 2.22. The molecule has 0 aliphatic carbocycles. The Morgan fingerprint density at radius 2 is 2.11 bits per heavy atom. The third-order valence-electron chi connectivity index (χ3n) is 3.26. The lowest BCUT2D eigenvalue weighted by Crippen LogP contribution is -2.32. The number of nitrogens with one attached hydrogen (secondary N) is 1. The van der Waals surface area contributed by atoms with E-state index in [1.807, 2.05) is 24.3 Å². The second-order valence-electron chi connectivity index (χ2n) is 4.47. The molecule has 1 fully saturated rings. The summed E-state index contributed by atoms with van der Waals surface area (Å²) < 4.78 is 0. The Bertz CT molecular complexity index is 665. The Morgan fingerprint density at radius 1 is 1.32 bits per heavy atom. The lowest BCUT2D eigenvalue weighted by atomic mass is 10.1. The van der Waals surface area contributed by atoms with Gasteiger partial charge in [0.25, 0.3) is 5.91 Å². The standard InChI is InChI=1S/C13H12N4O2/c1-17-11(18)6-10(13(17)19)15-12-9-5-3-2-4-8(9)7-14-16-12/h2-5,7,10H,6H2,1H3,(H,15,16). The van der Waals surface area contributed by atoms with Crippen molar-refractivity contribution in [2.45, 2.75) is 12.5 Å². The summed E-state index contributed by atoms with van der Waals surface area (Å²) in [5.41, 5.74) is 0. The molecule has 2 heterocycles. The molecule has 1 aliphatic heterocycles. The first-order chi connectivity index (χ1) is 9.16. The zero-order valence-corrected chi connectivity index (χ0v) is 10.3. The third-order valence-corrected chi connectivity index (χ3v) is 3.26. The molecule has 0 bridgehead atoms. The molecule has 0 radical (unpaired) electrons. The second-order valence-corrected chi connectivity index (χ2v) is 4.47. The van der Waals surface area contributed by atoms with Gasteiger partial charge in [-0.2, -0.15) is 5.10 Å². The van der Waals surface area contributed by atoms with Crippen molar-refractivity contribution >= 4 is 28.4 Å². The number of amides is 2. The molecule has 1 aromatic carbocycles. The Hall–Kier alpha value is -2.50. The fourth-order valence-corrected chi connectivity index (χ4v) is 2.17. The predicted octanol–water partition coefficient (Wildman–Crippen LogP) is 0.799. The molecule has 0 saturated carbocycles. The summed E-state index contributed by atoms with van der Waals surface area (Å²) in [6, 6.07) is 7.06. The largest absolute Gasteiger partial charge is 0.356 e. The van der Waals surface area contributed by atoms with Crippen LogP contribution in [0, 0.1) is 0 Å². The van der Waals surface area contributed by atoms with E-state index >= 15 is 0 Å². The number of likely N-dealkylation sites (tertiary alicyclic amines) is 1. The number of aromatic nitrogens is 2. The van der Waals surface area contributed by atoms with Crippen LogP contribution < -0.4 is 5.32 Å². The van der Waals surface area contributed by atoms with E-state index in [4.69, 9.17) is 0 Å². The molecule has 1 N–H and O–H groups in total. The molecule has 19 heavy (non-hydrogen) atoms. The highest BCUT2D eigenvalue weighted by molar-refractivity contribution is 6.07. The minimum atomic E-state index is -0.558. The first kappa shape index (κ1) is 11.6. The number of carbonyl (C=O) groups excluding carboxylic acids is 2. The summed E-state index contributed by atoms with van der Waals surface area (Å²) >= 11 is 0. The molecule has 1 aliphatic rings. The van der Waals surface area contributed by atoms with Crippen LogP contribution in [0.2, 0.25) is 0 Å². The molecule has 2 aromatic rings. The predicted molar refractivity (Wildman–Crippen MR) is 69.3 cm³/mol. The smallest absolute Gasteiger partial charge is 0.251 e. The van der Waals surface area contributed by atoms with Gasteiger partial charge in [0, 0.05) is 17.8 Å². The molecular weight excluding hydrogens is 244 g/mol. The van der Waals surface area contributed by atoms with Crippen molar-refractivity contribution in [3.05, 3.63) is 30.5 Å². The first-order valence-corrected chi connectivity index (χ1v) is 5.94. The summed E-state index contributed by atoms with van der Waals surface area (Å²) in [7, 11) is 1.49. The van der Waals surface area contributed by atoms with Crippen LogP contribution in [0.5, 0.6) is 0 Å². The summed E-state index contributed by atoms with van der Waals surface area (Å²) in [6.07, 6.45) is 1.81. The van der Waals surface area contributed by atoms with Gasteiger partial charge in [0.15, 0.2) is 5.82 Å². The van der Waals surface area contributed by atoms with Gasteiger partial charge in [0.1, 0.15) is 6.04 Å². The maximum absolute atomic E-state index is 11.9. The molecule has 1 atom stereocenters. The summed E-state index contributed by atoms with van der Waals surface area (Å²) in [5, 5.41) is 12.7. The number of anilines is 1. The van der Waals surface area contributed by atoms with Crippen molar-refractivity contribution in [2.75, 3.05) is 12.4 Å². The molecule has 1 aromatic heterocycles. The van der Waals surface area contributed by atoms with Crippen LogP contribution in [0.4, 0.5) is 5.82 Å². The lowest BCUT2D eigenvalue weighted by Gasteiger charge is -2.12. The Labute approximate surface area is 109 Å². The van der Waals surface area contributed by atoms with Crippen molar-refractivity contribution in [1.29, 1.82) is 0 Å². The number of imide groups is 1. The van der Waals surface area contributed by atoms with Gasteiger partial charge in [-0.1, -0.05) is 24.3 Å². The van der Waals surface area contributed by atoms with Crippen LogP contribution >= 0.6 is 0 Å². The number of carbonyl (C=O) groups is 2. The van der Waals surface area contributed by atoms with Crippen LogP contribution in [-0.4, -0.2) is 40.0 Å². The molecule has 6 nitrogen and oxygen atoms in total. The molecule has 0 spiro atoms. The number of benzene rings is 1. The summed E-state index contributed by atoms with van der Waals surface area (Å²) in [4.78, 5) is 24.5. The highest BCUT2D eigenvalue weighted by Gasteiger charge is 2.36. The number of hydrogen-bond acceptors (Lipinski definition) is 5. The van der Waals surface area contributed by atoms with Crippen LogP contribution in [0.1, 0.15) is 6.42 Å². The van der Waals surface area contributed by atoms with Crippen molar-refractivity contribution in [2.24, 2.45) is 0 Å². The minimum Gasteiger partial charge on any atom is -0.356 e.